The molecule has 8 heteroatoms. The Hall–Kier alpha value is -2.64. The van der Waals surface area contributed by atoms with Crippen molar-refractivity contribution in [3.05, 3.63) is 33.9 Å². The van der Waals surface area contributed by atoms with E-state index in [2.05, 4.69) is 0 Å². The largest absolute Gasteiger partial charge is 0.452 e. The summed E-state index contributed by atoms with van der Waals surface area (Å²) in [5.41, 5.74) is 0.265. The highest BCUT2D eigenvalue weighted by Crippen LogP contribution is 2.27. The van der Waals surface area contributed by atoms with Gasteiger partial charge in [-0.25, -0.2) is 4.79 Å². The van der Waals surface area contributed by atoms with Gasteiger partial charge in [-0.15, -0.1) is 0 Å². The van der Waals surface area contributed by atoms with Gasteiger partial charge in [-0.3, -0.25) is 14.9 Å². The summed E-state index contributed by atoms with van der Waals surface area (Å²) in [5.74, 6) is -0.966. The molecule has 1 heterocycles. The zero-order chi connectivity index (χ0) is 18.4. The molecule has 1 aliphatic heterocycles. The van der Waals surface area contributed by atoms with Crippen molar-refractivity contribution >= 4 is 23.3 Å². The lowest BCUT2D eigenvalue weighted by Gasteiger charge is -2.20. The first-order valence-electron chi connectivity index (χ1n) is 8.31. The number of carbonyl (C=O) groups excluding carboxylic acids is 2. The molecular weight excluding hydrogens is 326 g/mol. The minimum atomic E-state index is -0.739. The fraction of sp³-hybridized carbons (Fsp3) is 0.529. The van der Waals surface area contributed by atoms with Crippen LogP contribution in [0.5, 0.6) is 0 Å². The molecular formula is C17H23N3O5. The van der Waals surface area contributed by atoms with Crippen LogP contribution in [-0.2, 0) is 9.53 Å². The van der Waals surface area contributed by atoms with E-state index in [0.29, 0.717) is 18.8 Å². The molecule has 136 valence electrons. The zero-order valence-electron chi connectivity index (χ0n) is 14.6. The smallest absolute Gasteiger partial charge is 0.338 e. The van der Waals surface area contributed by atoms with Gasteiger partial charge in [-0.1, -0.05) is 12.8 Å². The van der Waals surface area contributed by atoms with Crippen molar-refractivity contribution in [3.63, 3.8) is 0 Å². The van der Waals surface area contributed by atoms with E-state index in [1.807, 2.05) is 0 Å². The molecule has 0 unspecified atom stereocenters. The molecule has 0 N–H and O–H groups in total. The van der Waals surface area contributed by atoms with E-state index < -0.39 is 10.9 Å². The van der Waals surface area contributed by atoms with Crippen LogP contribution in [0.15, 0.2) is 18.2 Å². The van der Waals surface area contributed by atoms with Gasteiger partial charge in [0, 0.05) is 33.3 Å². The van der Waals surface area contributed by atoms with Crippen LogP contribution < -0.4 is 4.90 Å². The topological polar surface area (TPSA) is 93.0 Å². The summed E-state index contributed by atoms with van der Waals surface area (Å²) >= 11 is 0. The van der Waals surface area contributed by atoms with E-state index in [1.165, 1.54) is 18.2 Å². The number of nitro groups is 1. The van der Waals surface area contributed by atoms with Crippen LogP contribution in [-0.4, -0.2) is 55.5 Å². The number of hydrogen-bond acceptors (Lipinski definition) is 6. The van der Waals surface area contributed by atoms with Crippen molar-refractivity contribution < 1.29 is 19.2 Å². The van der Waals surface area contributed by atoms with Crippen LogP contribution in [0.1, 0.15) is 36.0 Å². The average molecular weight is 349 g/mol. The van der Waals surface area contributed by atoms with Gasteiger partial charge in [0.05, 0.1) is 10.5 Å². The predicted octanol–water partition coefficient (Wildman–Crippen LogP) is 2.22. The molecule has 25 heavy (non-hydrogen) atoms. The van der Waals surface area contributed by atoms with Crippen molar-refractivity contribution in [1.29, 1.82) is 0 Å². The Morgan fingerprint density at radius 2 is 1.84 bits per heavy atom. The fourth-order valence-electron chi connectivity index (χ4n) is 2.80. The second-order valence-electron chi connectivity index (χ2n) is 6.23. The molecule has 0 bridgehead atoms. The molecule has 1 fully saturated rings. The van der Waals surface area contributed by atoms with Crippen LogP contribution in [0, 0.1) is 10.1 Å². The van der Waals surface area contributed by atoms with Crippen molar-refractivity contribution in [3.8, 4) is 0 Å². The van der Waals surface area contributed by atoms with E-state index in [-0.39, 0.29) is 23.8 Å². The lowest BCUT2D eigenvalue weighted by Crippen LogP contribution is -2.35. The highest BCUT2D eigenvalue weighted by molar-refractivity contribution is 5.93. The summed E-state index contributed by atoms with van der Waals surface area (Å²) in [5, 5.41) is 11.2. The van der Waals surface area contributed by atoms with Crippen LogP contribution in [0.2, 0.25) is 0 Å². The van der Waals surface area contributed by atoms with Crippen LogP contribution >= 0.6 is 0 Å². The van der Waals surface area contributed by atoms with Gasteiger partial charge >= 0.3 is 5.97 Å². The van der Waals surface area contributed by atoms with Crippen molar-refractivity contribution in [2.45, 2.75) is 25.7 Å². The Morgan fingerprint density at radius 3 is 2.40 bits per heavy atom. The Bertz CT molecular complexity index is 652. The summed E-state index contributed by atoms with van der Waals surface area (Å²) in [6, 6.07) is 4.13. The number of anilines is 1. The molecule has 1 aromatic rings. The molecule has 2 rings (SSSR count). The number of hydrogen-bond donors (Lipinski definition) is 0. The monoisotopic (exact) mass is 349 g/mol. The fourth-order valence-corrected chi connectivity index (χ4v) is 2.80. The number of esters is 1. The third-order valence-corrected chi connectivity index (χ3v) is 4.18. The number of amides is 1. The summed E-state index contributed by atoms with van der Waals surface area (Å²) in [4.78, 5) is 38.2. The van der Waals surface area contributed by atoms with Crippen LogP contribution in [0.3, 0.4) is 0 Å². The molecule has 1 aliphatic rings. The molecule has 1 aromatic carbocycles. The Morgan fingerprint density at radius 1 is 1.20 bits per heavy atom. The normalized spacial score (nSPS) is 14.6. The Balaban J connectivity index is 2.01. The third kappa shape index (κ3) is 4.91. The minimum Gasteiger partial charge on any atom is -0.452 e. The number of nitro benzene ring substituents is 1. The maximum absolute atomic E-state index is 12.1. The van der Waals surface area contributed by atoms with E-state index in [4.69, 9.17) is 4.74 Å². The van der Waals surface area contributed by atoms with E-state index in [1.54, 1.807) is 23.9 Å². The van der Waals surface area contributed by atoms with Gasteiger partial charge in [-0.05, 0) is 25.0 Å². The van der Waals surface area contributed by atoms with Crippen molar-refractivity contribution in [2.75, 3.05) is 38.7 Å². The molecule has 0 atom stereocenters. The van der Waals surface area contributed by atoms with E-state index >= 15 is 0 Å². The molecule has 0 aromatic heterocycles. The first-order chi connectivity index (χ1) is 11.9. The minimum absolute atomic E-state index is 0.0565. The quantitative estimate of drug-likeness (QED) is 0.460. The third-order valence-electron chi connectivity index (χ3n) is 4.18. The molecule has 0 aliphatic carbocycles. The first-order valence-corrected chi connectivity index (χ1v) is 8.31. The number of ether oxygens (including phenoxy) is 1. The predicted molar refractivity (Wildman–Crippen MR) is 92.8 cm³/mol. The number of carbonyl (C=O) groups is 2. The first kappa shape index (κ1) is 18.7. The highest BCUT2D eigenvalue weighted by Gasteiger charge is 2.21. The Kier molecular flexibility index (Phi) is 6.32. The van der Waals surface area contributed by atoms with Gasteiger partial charge < -0.3 is 14.5 Å². The number of benzene rings is 1. The van der Waals surface area contributed by atoms with Crippen LogP contribution in [0.4, 0.5) is 11.4 Å². The lowest BCUT2D eigenvalue weighted by atomic mass is 10.1. The summed E-state index contributed by atoms with van der Waals surface area (Å²) in [6.45, 7) is 1.01. The SMILES string of the molecule is CN(C)c1ccc(C(=O)OCC(=O)N2CCCCCC2)cc1[N+](=O)[O-]. The standard InChI is InChI=1S/C17H23N3O5/c1-18(2)14-8-7-13(11-15(14)20(23)24)17(22)25-12-16(21)19-9-5-3-4-6-10-19/h7-8,11H,3-6,9-10,12H2,1-2H3. The molecule has 8 nitrogen and oxygen atoms in total. The molecule has 1 amide bonds. The average Bonchev–Trinajstić information content (AvgIpc) is 2.88. The molecule has 0 saturated carbocycles. The lowest BCUT2D eigenvalue weighted by molar-refractivity contribution is -0.384. The second kappa shape index (κ2) is 8.46. The van der Waals surface area contributed by atoms with Gasteiger partial charge in [0.25, 0.3) is 11.6 Å². The van der Waals surface area contributed by atoms with Crippen LogP contribution in [0.25, 0.3) is 0 Å². The molecule has 0 radical (unpaired) electrons. The number of likely N-dealkylation sites (tertiary alicyclic amines) is 1. The maximum Gasteiger partial charge on any atom is 0.338 e. The highest BCUT2D eigenvalue weighted by atomic mass is 16.6. The summed E-state index contributed by atoms with van der Waals surface area (Å²) in [6.07, 6.45) is 4.12. The zero-order valence-corrected chi connectivity index (χ0v) is 14.6. The van der Waals surface area contributed by atoms with Crippen molar-refractivity contribution in [1.82, 2.24) is 4.90 Å². The van der Waals surface area contributed by atoms with Gasteiger partial charge in [-0.2, -0.15) is 0 Å². The summed E-state index contributed by atoms with van der Waals surface area (Å²) < 4.78 is 5.05. The second-order valence-corrected chi connectivity index (χ2v) is 6.23. The van der Waals surface area contributed by atoms with Gasteiger partial charge in [0.1, 0.15) is 5.69 Å². The van der Waals surface area contributed by atoms with E-state index in [9.17, 15) is 19.7 Å². The van der Waals surface area contributed by atoms with E-state index in [0.717, 1.165) is 25.7 Å². The van der Waals surface area contributed by atoms with Crippen molar-refractivity contribution in [2.24, 2.45) is 0 Å². The summed E-state index contributed by atoms with van der Waals surface area (Å²) in [7, 11) is 3.36. The number of nitrogens with zero attached hydrogens (tertiary/aromatic N) is 3. The molecule has 0 spiro atoms. The molecule has 1 saturated heterocycles. The maximum atomic E-state index is 12.1. The van der Waals surface area contributed by atoms with Gasteiger partial charge in [0.2, 0.25) is 0 Å². The van der Waals surface area contributed by atoms with Gasteiger partial charge in [0.15, 0.2) is 6.61 Å². The Labute approximate surface area is 146 Å². The number of rotatable bonds is 5.